The Balaban J connectivity index is 1.73. The van der Waals surface area contributed by atoms with Crippen molar-refractivity contribution in [3.63, 3.8) is 0 Å². The molecule has 0 fully saturated rings. The fraction of sp³-hybridized carbons (Fsp3) is 0.125. The zero-order valence-corrected chi connectivity index (χ0v) is 17.0. The van der Waals surface area contributed by atoms with Gasteiger partial charge in [0.2, 0.25) is 11.5 Å². The smallest absolute Gasteiger partial charge is 0.348 e. The Labute approximate surface area is 182 Å². The van der Waals surface area contributed by atoms with Gasteiger partial charge in [0.15, 0.2) is 0 Å². The molecule has 4 aromatic rings. The van der Waals surface area contributed by atoms with Crippen LogP contribution in [-0.2, 0) is 6.18 Å². The normalized spacial score (nSPS) is 12.4. The lowest BCUT2D eigenvalue weighted by Gasteiger charge is -2.15. The Kier molecular flexibility index (Phi) is 5.77. The molecule has 0 aliphatic rings. The van der Waals surface area contributed by atoms with E-state index in [9.17, 15) is 18.0 Å². The number of hydrogen-bond donors (Lipinski definition) is 2. The highest BCUT2D eigenvalue weighted by atomic mass is 19.4. The SMILES string of the molecule is CC(Nc1nccc(-c2ccc(=O)[nH]c2-c2cccc(C(F)(F)F)c2)n1)c1ccccc1. The van der Waals surface area contributed by atoms with Crippen molar-refractivity contribution in [2.75, 3.05) is 5.32 Å². The number of anilines is 1. The van der Waals surface area contributed by atoms with E-state index in [1.807, 2.05) is 37.3 Å². The summed E-state index contributed by atoms with van der Waals surface area (Å²) < 4.78 is 39.6. The fourth-order valence-corrected chi connectivity index (χ4v) is 3.36. The molecule has 0 saturated carbocycles. The maximum atomic E-state index is 13.2. The van der Waals surface area contributed by atoms with E-state index in [1.54, 1.807) is 18.3 Å². The van der Waals surface area contributed by atoms with E-state index >= 15 is 0 Å². The van der Waals surface area contributed by atoms with E-state index in [2.05, 4.69) is 20.3 Å². The third-order valence-electron chi connectivity index (χ3n) is 4.97. The molecule has 0 radical (unpaired) electrons. The van der Waals surface area contributed by atoms with Crippen molar-refractivity contribution in [2.45, 2.75) is 19.1 Å². The highest BCUT2D eigenvalue weighted by Crippen LogP contribution is 2.34. The minimum atomic E-state index is -4.50. The Morgan fingerprint density at radius 2 is 1.75 bits per heavy atom. The molecule has 1 unspecified atom stereocenters. The fourth-order valence-electron chi connectivity index (χ4n) is 3.36. The molecule has 8 heteroatoms. The lowest BCUT2D eigenvalue weighted by Crippen LogP contribution is -2.10. The van der Waals surface area contributed by atoms with Gasteiger partial charge in [-0.05, 0) is 42.3 Å². The topological polar surface area (TPSA) is 70.7 Å². The average molecular weight is 436 g/mol. The van der Waals surface area contributed by atoms with Crippen LogP contribution in [0.1, 0.15) is 24.1 Å². The molecule has 0 aliphatic heterocycles. The van der Waals surface area contributed by atoms with Crippen molar-refractivity contribution in [1.82, 2.24) is 15.0 Å². The molecule has 0 bridgehead atoms. The van der Waals surface area contributed by atoms with Crippen molar-refractivity contribution in [3.8, 4) is 22.5 Å². The van der Waals surface area contributed by atoms with Crippen LogP contribution >= 0.6 is 0 Å². The molecule has 4 rings (SSSR count). The molecule has 0 saturated heterocycles. The summed E-state index contributed by atoms with van der Waals surface area (Å²) in [5.41, 5.74) is 1.27. The standard InChI is InChI=1S/C24H19F3N4O/c1-15(16-6-3-2-4-7-16)29-23-28-13-12-20(30-23)19-10-11-21(32)31-22(19)17-8-5-9-18(14-17)24(25,26)27/h2-15H,1H3,(H,31,32)(H,28,29,30). The predicted molar refractivity (Wildman–Crippen MR) is 117 cm³/mol. The number of nitrogens with one attached hydrogen (secondary N) is 2. The molecule has 162 valence electrons. The predicted octanol–water partition coefficient (Wildman–Crippen LogP) is 5.69. The van der Waals surface area contributed by atoms with Gasteiger partial charge in [0, 0.05) is 17.8 Å². The lowest BCUT2D eigenvalue weighted by molar-refractivity contribution is -0.137. The first kappa shape index (κ1) is 21.3. The van der Waals surface area contributed by atoms with Gasteiger partial charge >= 0.3 is 6.18 Å². The number of H-pyrrole nitrogens is 1. The summed E-state index contributed by atoms with van der Waals surface area (Å²) in [6.45, 7) is 1.97. The molecule has 5 nitrogen and oxygen atoms in total. The van der Waals surface area contributed by atoms with Crippen LogP contribution < -0.4 is 10.9 Å². The molecular weight excluding hydrogens is 417 g/mol. The molecule has 32 heavy (non-hydrogen) atoms. The zero-order chi connectivity index (χ0) is 22.7. The zero-order valence-electron chi connectivity index (χ0n) is 17.0. The van der Waals surface area contributed by atoms with Gasteiger partial charge in [-0.3, -0.25) is 4.79 Å². The van der Waals surface area contributed by atoms with Crippen LogP contribution in [-0.4, -0.2) is 15.0 Å². The van der Waals surface area contributed by atoms with Crippen LogP contribution in [0.3, 0.4) is 0 Å². The van der Waals surface area contributed by atoms with Gasteiger partial charge < -0.3 is 10.3 Å². The van der Waals surface area contributed by atoms with Crippen LogP contribution in [0.5, 0.6) is 0 Å². The number of aromatic amines is 1. The number of pyridine rings is 1. The maximum absolute atomic E-state index is 13.2. The first-order valence-electron chi connectivity index (χ1n) is 9.87. The van der Waals surface area contributed by atoms with E-state index in [0.717, 1.165) is 17.7 Å². The van der Waals surface area contributed by atoms with Crippen molar-refractivity contribution in [3.05, 3.63) is 100 Å². The molecule has 2 aromatic heterocycles. The van der Waals surface area contributed by atoms with Gasteiger partial charge in [-0.1, -0.05) is 42.5 Å². The first-order chi connectivity index (χ1) is 15.3. The van der Waals surface area contributed by atoms with E-state index in [1.165, 1.54) is 18.2 Å². The molecule has 2 N–H and O–H groups in total. The molecule has 2 heterocycles. The van der Waals surface area contributed by atoms with Crippen LogP contribution in [0.2, 0.25) is 0 Å². The van der Waals surface area contributed by atoms with E-state index in [-0.39, 0.29) is 17.3 Å². The number of rotatable bonds is 5. The Morgan fingerprint density at radius 1 is 0.969 bits per heavy atom. The lowest BCUT2D eigenvalue weighted by atomic mass is 10.0. The first-order valence-corrected chi connectivity index (χ1v) is 9.87. The molecular formula is C24H19F3N4O. The second-order valence-electron chi connectivity index (χ2n) is 7.23. The second-order valence-corrected chi connectivity index (χ2v) is 7.23. The quantitative estimate of drug-likeness (QED) is 0.422. The summed E-state index contributed by atoms with van der Waals surface area (Å²) >= 11 is 0. The van der Waals surface area contributed by atoms with E-state index < -0.39 is 17.3 Å². The van der Waals surface area contributed by atoms with E-state index in [4.69, 9.17) is 0 Å². The molecule has 0 aliphatic carbocycles. The minimum absolute atomic E-state index is 0.0648. The van der Waals surface area contributed by atoms with Gasteiger partial charge in [-0.15, -0.1) is 0 Å². The highest BCUT2D eigenvalue weighted by Gasteiger charge is 2.30. The van der Waals surface area contributed by atoms with Crippen molar-refractivity contribution >= 4 is 5.95 Å². The second kappa shape index (κ2) is 8.66. The number of aromatic nitrogens is 3. The van der Waals surface area contributed by atoms with E-state index in [0.29, 0.717) is 17.2 Å². The van der Waals surface area contributed by atoms with Crippen LogP contribution in [0.25, 0.3) is 22.5 Å². The summed E-state index contributed by atoms with van der Waals surface area (Å²) in [5.74, 6) is 0.361. The number of halogens is 3. The summed E-state index contributed by atoms with van der Waals surface area (Å²) in [5, 5.41) is 3.23. The summed E-state index contributed by atoms with van der Waals surface area (Å²) in [6.07, 6.45) is -2.94. The van der Waals surface area contributed by atoms with Gasteiger partial charge in [-0.2, -0.15) is 13.2 Å². The monoisotopic (exact) mass is 436 g/mol. The minimum Gasteiger partial charge on any atom is -0.348 e. The summed E-state index contributed by atoms with van der Waals surface area (Å²) in [7, 11) is 0. The number of nitrogens with zero attached hydrogens (tertiary/aromatic N) is 2. The maximum Gasteiger partial charge on any atom is 0.416 e. The molecule has 0 amide bonds. The molecule has 0 spiro atoms. The third-order valence-corrected chi connectivity index (χ3v) is 4.97. The van der Waals surface area contributed by atoms with Gasteiger partial charge in [0.1, 0.15) is 0 Å². The highest BCUT2D eigenvalue weighted by molar-refractivity contribution is 5.79. The summed E-state index contributed by atoms with van der Waals surface area (Å²) in [4.78, 5) is 23.4. The summed E-state index contributed by atoms with van der Waals surface area (Å²) in [6, 6.07) is 19.0. The Hall–Kier alpha value is -3.94. The average Bonchev–Trinajstić information content (AvgIpc) is 2.79. The van der Waals surface area contributed by atoms with Crippen molar-refractivity contribution in [2.24, 2.45) is 0 Å². The van der Waals surface area contributed by atoms with Crippen LogP contribution in [0, 0.1) is 0 Å². The molecule has 2 aromatic carbocycles. The van der Waals surface area contributed by atoms with Gasteiger partial charge in [-0.25, -0.2) is 9.97 Å². The van der Waals surface area contributed by atoms with Gasteiger partial charge in [0.25, 0.3) is 0 Å². The Bertz CT molecular complexity index is 1290. The van der Waals surface area contributed by atoms with Crippen LogP contribution in [0.4, 0.5) is 19.1 Å². The largest absolute Gasteiger partial charge is 0.416 e. The van der Waals surface area contributed by atoms with Crippen molar-refractivity contribution in [1.29, 1.82) is 0 Å². The van der Waals surface area contributed by atoms with Crippen LogP contribution in [0.15, 0.2) is 83.8 Å². The number of hydrogen-bond acceptors (Lipinski definition) is 4. The Morgan fingerprint density at radius 3 is 2.50 bits per heavy atom. The molecule has 1 atom stereocenters. The van der Waals surface area contributed by atoms with Gasteiger partial charge in [0.05, 0.1) is 23.0 Å². The third kappa shape index (κ3) is 4.69. The number of benzene rings is 2. The number of alkyl halides is 3. The van der Waals surface area contributed by atoms with Crippen molar-refractivity contribution < 1.29 is 13.2 Å².